The zero-order chi connectivity index (χ0) is 10.9. The lowest BCUT2D eigenvalue weighted by Crippen LogP contribution is -2.06. The molecule has 1 aromatic carbocycles. The predicted octanol–water partition coefficient (Wildman–Crippen LogP) is 4.43. The second-order valence-electron chi connectivity index (χ2n) is 3.43. The first-order chi connectivity index (χ1) is 6.30. The molecule has 0 aromatic heterocycles. The van der Waals surface area contributed by atoms with Crippen LogP contribution in [0.1, 0.15) is 30.9 Å². The average molecular weight is 314 g/mol. The fraction of sp³-hybridized carbons (Fsp3) is 0.400. The van der Waals surface area contributed by atoms with Gasteiger partial charge >= 0.3 is 6.18 Å². The molecule has 0 fully saturated rings. The number of benzene rings is 1. The summed E-state index contributed by atoms with van der Waals surface area (Å²) in [6.07, 6.45) is -4.25. The Morgan fingerprint density at radius 2 is 1.71 bits per heavy atom. The number of alkyl halides is 3. The average Bonchev–Trinajstić information content (AvgIpc) is 2.01. The van der Waals surface area contributed by atoms with Crippen molar-refractivity contribution in [3.63, 3.8) is 0 Å². The summed E-state index contributed by atoms with van der Waals surface area (Å²) < 4.78 is 37.8. The smallest absolute Gasteiger partial charge is 0.166 e. The lowest BCUT2D eigenvalue weighted by molar-refractivity contribution is -0.137. The van der Waals surface area contributed by atoms with E-state index in [1.54, 1.807) is 6.07 Å². The minimum absolute atomic E-state index is 0.116. The molecule has 0 bridgehead atoms. The maximum absolute atomic E-state index is 12.4. The van der Waals surface area contributed by atoms with Crippen molar-refractivity contribution in [2.24, 2.45) is 0 Å². The molecule has 0 amide bonds. The maximum atomic E-state index is 12.4. The molecule has 0 heterocycles. The molecule has 1 aromatic rings. The van der Waals surface area contributed by atoms with Crippen LogP contribution in [0, 0.1) is 3.57 Å². The Kier molecular flexibility index (Phi) is 3.44. The Labute approximate surface area is 94.6 Å². The summed E-state index contributed by atoms with van der Waals surface area (Å²) >= 11 is 1.90. The second kappa shape index (κ2) is 4.08. The van der Waals surface area contributed by atoms with Crippen LogP contribution in [-0.4, -0.2) is 0 Å². The van der Waals surface area contributed by atoms with Gasteiger partial charge in [0.25, 0.3) is 0 Å². The third-order valence-corrected chi connectivity index (χ3v) is 2.54. The van der Waals surface area contributed by atoms with Crippen LogP contribution in [0.15, 0.2) is 18.2 Å². The lowest BCUT2D eigenvalue weighted by atomic mass is 10.0. The van der Waals surface area contributed by atoms with E-state index >= 15 is 0 Å². The van der Waals surface area contributed by atoms with Gasteiger partial charge < -0.3 is 0 Å². The summed E-state index contributed by atoms with van der Waals surface area (Å²) in [6, 6.07) is 4.15. The molecule has 1 rings (SSSR count). The fourth-order valence-electron chi connectivity index (χ4n) is 1.11. The van der Waals surface area contributed by atoms with E-state index in [-0.39, 0.29) is 5.92 Å². The molecule has 0 N–H and O–H groups in total. The highest BCUT2D eigenvalue weighted by Crippen LogP contribution is 2.32. The van der Waals surface area contributed by atoms with Crippen molar-refractivity contribution in [3.05, 3.63) is 32.9 Å². The van der Waals surface area contributed by atoms with Crippen LogP contribution in [0.4, 0.5) is 13.2 Å². The van der Waals surface area contributed by atoms with Crippen molar-refractivity contribution in [2.75, 3.05) is 0 Å². The molecule has 0 saturated heterocycles. The minimum atomic E-state index is -4.25. The van der Waals surface area contributed by atoms with E-state index in [4.69, 9.17) is 0 Å². The van der Waals surface area contributed by atoms with Crippen LogP contribution < -0.4 is 0 Å². The number of hydrogen-bond acceptors (Lipinski definition) is 0. The van der Waals surface area contributed by atoms with Gasteiger partial charge in [-0.3, -0.25) is 0 Å². The summed E-state index contributed by atoms with van der Waals surface area (Å²) in [6.45, 7) is 3.76. The van der Waals surface area contributed by atoms with Gasteiger partial charge in [0.2, 0.25) is 0 Å². The van der Waals surface area contributed by atoms with Crippen molar-refractivity contribution >= 4 is 22.6 Å². The Morgan fingerprint density at radius 3 is 2.14 bits per heavy atom. The van der Waals surface area contributed by atoms with Crippen LogP contribution in [0.2, 0.25) is 0 Å². The van der Waals surface area contributed by atoms with Gasteiger partial charge in [-0.1, -0.05) is 13.8 Å². The van der Waals surface area contributed by atoms with Crippen LogP contribution in [-0.2, 0) is 6.18 Å². The summed E-state index contributed by atoms with van der Waals surface area (Å²) in [4.78, 5) is 0. The highest BCUT2D eigenvalue weighted by Gasteiger charge is 2.31. The first-order valence-corrected chi connectivity index (χ1v) is 5.26. The van der Waals surface area contributed by atoms with Gasteiger partial charge in [-0.15, -0.1) is 0 Å². The van der Waals surface area contributed by atoms with Crippen molar-refractivity contribution in [1.82, 2.24) is 0 Å². The number of rotatable bonds is 1. The molecule has 0 saturated carbocycles. The predicted molar refractivity (Wildman–Crippen MR) is 58.3 cm³/mol. The molecule has 0 nitrogen and oxygen atoms in total. The molecule has 14 heavy (non-hydrogen) atoms. The van der Waals surface area contributed by atoms with E-state index in [0.29, 0.717) is 3.57 Å². The van der Waals surface area contributed by atoms with Gasteiger partial charge in [-0.2, -0.15) is 13.2 Å². The molecule has 0 radical (unpaired) electrons. The van der Waals surface area contributed by atoms with E-state index in [1.807, 2.05) is 36.4 Å². The summed E-state index contributed by atoms with van der Waals surface area (Å²) in [5, 5.41) is 0. The Morgan fingerprint density at radius 1 is 1.14 bits per heavy atom. The molecule has 78 valence electrons. The van der Waals surface area contributed by atoms with E-state index in [0.717, 1.165) is 11.6 Å². The maximum Gasteiger partial charge on any atom is 0.416 e. The number of hydrogen-bond donors (Lipinski definition) is 0. The zero-order valence-corrected chi connectivity index (χ0v) is 9.98. The van der Waals surface area contributed by atoms with Crippen LogP contribution >= 0.6 is 22.6 Å². The van der Waals surface area contributed by atoms with E-state index in [9.17, 15) is 13.2 Å². The summed E-state index contributed by atoms with van der Waals surface area (Å²) in [5.41, 5.74) is 0.164. The first-order valence-electron chi connectivity index (χ1n) is 4.18. The standard InChI is InChI=1S/C10H10F3I/c1-6(2)7-3-8(10(11,12)13)5-9(14)4-7/h3-6H,1-2H3. The molecule has 0 unspecified atom stereocenters. The van der Waals surface area contributed by atoms with E-state index in [2.05, 4.69) is 0 Å². The van der Waals surface area contributed by atoms with Crippen molar-refractivity contribution < 1.29 is 13.2 Å². The third-order valence-electron chi connectivity index (χ3n) is 1.91. The first kappa shape index (κ1) is 11.8. The van der Waals surface area contributed by atoms with Gasteiger partial charge in [0.1, 0.15) is 0 Å². The van der Waals surface area contributed by atoms with Gasteiger partial charge in [-0.05, 0) is 52.3 Å². The quantitative estimate of drug-likeness (QED) is 0.673. The third kappa shape index (κ3) is 2.87. The van der Waals surface area contributed by atoms with Crippen LogP contribution in [0.25, 0.3) is 0 Å². The highest BCUT2D eigenvalue weighted by molar-refractivity contribution is 14.1. The van der Waals surface area contributed by atoms with Crippen molar-refractivity contribution in [2.45, 2.75) is 25.9 Å². The Hall–Kier alpha value is -0.260. The summed E-state index contributed by atoms with van der Waals surface area (Å²) in [7, 11) is 0. The molecular weight excluding hydrogens is 304 g/mol. The normalized spacial score (nSPS) is 12.2. The largest absolute Gasteiger partial charge is 0.416 e. The molecule has 0 aliphatic carbocycles. The summed E-state index contributed by atoms with van der Waals surface area (Å²) in [5.74, 6) is 0.116. The highest BCUT2D eigenvalue weighted by atomic mass is 127. The van der Waals surface area contributed by atoms with E-state index in [1.165, 1.54) is 6.07 Å². The molecule has 0 aliphatic rings. The zero-order valence-electron chi connectivity index (χ0n) is 7.82. The van der Waals surface area contributed by atoms with Crippen LogP contribution in [0.5, 0.6) is 0 Å². The molecule has 4 heteroatoms. The van der Waals surface area contributed by atoms with Gasteiger partial charge in [0.05, 0.1) is 5.56 Å². The van der Waals surface area contributed by atoms with Gasteiger partial charge in [0.15, 0.2) is 0 Å². The number of halogens is 4. The lowest BCUT2D eigenvalue weighted by Gasteiger charge is -2.11. The fourth-order valence-corrected chi connectivity index (χ4v) is 1.80. The van der Waals surface area contributed by atoms with Crippen LogP contribution in [0.3, 0.4) is 0 Å². The van der Waals surface area contributed by atoms with Crippen molar-refractivity contribution in [1.29, 1.82) is 0 Å². The van der Waals surface area contributed by atoms with E-state index < -0.39 is 11.7 Å². The second-order valence-corrected chi connectivity index (χ2v) is 4.67. The monoisotopic (exact) mass is 314 g/mol. The van der Waals surface area contributed by atoms with Gasteiger partial charge in [0, 0.05) is 3.57 Å². The Bertz CT molecular complexity index is 329. The topological polar surface area (TPSA) is 0 Å². The molecule has 0 aliphatic heterocycles. The minimum Gasteiger partial charge on any atom is -0.166 e. The molecular formula is C10H10F3I. The Balaban J connectivity index is 3.21. The molecule has 0 atom stereocenters. The SMILES string of the molecule is CC(C)c1cc(I)cc(C(F)(F)F)c1. The van der Waals surface area contributed by atoms with Crippen molar-refractivity contribution in [3.8, 4) is 0 Å². The van der Waals surface area contributed by atoms with Gasteiger partial charge in [-0.25, -0.2) is 0 Å². The molecule has 0 spiro atoms.